The van der Waals surface area contributed by atoms with Crippen LogP contribution in [0.25, 0.3) is 0 Å². The van der Waals surface area contributed by atoms with Gasteiger partial charge in [0.05, 0.1) is 0 Å². The van der Waals surface area contributed by atoms with E-state index in [1.807, 2.05) is 31.2 Å². The van der Waals surface area contributed by atoms with Gasteiger partial charge in [-0.2, -0.15) is 0 Å². The van der Waals surface area contributed by atoms with Crippen LogP contribution < -0.4 is 0 Å². The van der Waals surface area contributed by atoms with Crippen molar-refractivity contribution >= 4 is 11.7 Å². The van der Waals surface area contributed by atoms with E-state index in [4.69, 9.17) is 0 Å². The lowest BCUT2D eigenvalue weighted by Crippen LogP contribution is -2.37. The molecule has 0 radical (unpaired) electrons. The minimum absolute atomic E-state index is 0.190. The molecule has 112 valence electrons. The predicted octanol–water partition coefficient (Wildman–Crippen LogP) is 2.76. The molecule has 1 aromatic heterocycles. The Kier molecular flexibility index (Phi) is 4.00. The van der Waals surface area contributed by atoms with E-state index in [0.29, 0.717) is 12.1 Å². The Labute approximate surface area is 129 Å². The van der Waals surface area contributed by atoms with Gasteiger partial charge in [-0.25, -0.2) is 0 Å². The molecule has 1 fully saturated rings. The molecule has 4 heteroatoms. The van der Waals surface area contributed by atoms with Crippen LogP contribution in [-0.2, 0) is 11.3 Å². The van der Waals surface area contributed by atoms with E-state index in [2.05, 4.69) is 4.98 Å². The van der Waals surface area contributed by atoms with Gasteiger partial charge in [0.1, 0.15) is 0 Å². The summed E-state index contributed by atoms with van der Waals surface area (Å²) in [6, 6.07) is 11.1. The van der Waals surface area contributed by atoms with Crippen LogP contribution in [-0.4, -0.2) is 27.6 Å². The molecular formula is C18H18N2O2. The average Bonchev–Trinajstić information content (AvgIpc) is 3.38. The smallest absolute Gasteiger partial charge is 0.295 e. The number of ketones is 1. The van der Waals surface area contributed by atoms with E-state index in [0.717, 1.165) is 24.0 Å². The van der Waals surface area contributed by atoms with Crippen LogP contribution in [0.15, 0.2) is 48.8 Å². The number of hydrogen-bond donors (Lipinski definition) is 0. The summed E-state index contributed by atoms with van der Waals surface area (Å²) in [5.74, 6) is -0.843. The third-order valence-electron chi connectivity index (χ3n) is 3.86. The molecule has 1 heterocycles. The average molecular weight is 294 g/mol. The highest BCUT2D eigenvalue weighted by molar-refractivity contribution is 6.42. The molecule has 22 heavy (non-hydrogen) atoms. The van der Waals surface area contributed by atoms with Crippen LogP contribution in [0, 0.1) is 6.92 Å². The van der Waals surface area contributed by atoms with Gasteiger partial charge in [-0.3, -0.25) is 14.6 Å². The topological polar surface area (TPSA) is 50.3 Å². The number of benzene rings is 1. The fraction of sp³-hybridized carbons (Fsp3) is 0.278. The lowest BCUT2D eigenvalue weighted by Gasteiger charge is -2.21. The fourth-order valence-corrected chi connectivity index (χ4v) is 2.40. The summed E-state index contributed by atoms with van der Waals surface area (Å²) in [6.45, 7) is 2.42. The van der Waals surface area contributed by atoms with Crippen LogP contribution in [0.3, 0.4) is 0 Å². The zero-order valence-corrected chi connectivity index (χ0v) is 12.5. The number of Topliss-reactive ketones (excluding diaryl/α,β-unsaturated/α-hetero) is 1. The van der Waals surface area contributed by atoms with Gasteiger partial charge in [-0.05, 0) is 37.5 Å². The van der Waals surface area contributed by atoms with Gasteiger partial charge in [0.2, 0.25) is 5.78 Å². The molecule has 3 rings (SSSR count). The van der Waals surface area contributed by atoms with Crippen molar-refractivity contribution in [3.05, 3.63) is 65.5 Å². The van der Waals surface area contributed by atoms with Gasteiger partial charge >= 0.3 is 0 Å². The van der Waals surface area contributed by atoms with Gasteiger partial charge in [0, 0.05) is 30.5 Å². The summed E-state index contributed by atoms with van der Waals surface area (Å²) in [5, 5.41) is 0. The SMILES string of the molecule is Cc1ccc(C(=O)C(=O)N(Cc2ccncc2)C2CC2)cc1. The molecule has 0 aliphatic heterocycles. The van der Waals surface area contributed by atoms with Gasteiger partial charge in [0.25, 0.3) is 5.91 Å². The maximum absolute atomic E-state index is 12.6. The maximum atomic E-state index is 12.6. The number of amides is 1. The molecule has 0 atom stereocenters. The first kappa shape index (κ1) is 14.4. The number of hydrogen-bond acceptors (Lipinski definition) is 3. The van der Waals surface area contributed by atoms with Crippen LogP contribution in [0.2, 0.25) is 0 Å². The number of nitrogens with zero attached hydrogens (tertiary/aromatic N) is 2. The van der Waals surface area contributed by atoms with Crippen molar-refractivity contribution in [2.24, 2.45) is 0 Å². The third-order valence-corrected chi connectivity index (χ3v) is 3.86. The predicted molar refractivity (Wildman–Crippen MR) is 83.3 cm³/mol. The van der Waals surface area contributed by atoms with E-state index in [-0.39, 0.29) is 6.04 Å². The number of pyridine rings is 1. The number of aromatic nitrogens is 1. The second kappa shape index (κ2) is 6.10. The third kappa shape index (κ3) is 3.22. The highest BCUT2D eigenvalue weighted by atomic mass is 16.2. The molecule has 1 aliphatic carbocycles. The van der Waals surface area contributed by atoms with E-state index in [9.17, 15) is 9.59 Å². The first-order valence-electron chi connectivity index (χ1n) is 7.46. The Balaban J connectivity index is 1.78. The Hall–Kier alpha value is -2.49. The van der Waals surface area contributed by atoms with Crippen molar-refractivity contribution in [2.75, 3.05) is 0 Å². The molecule has 0 N–H and O–H groups in total. The van der Waals surface area contributed by atoms with Crippen molar-refractivity contribution in [1.29, 1.82) is 0 Å². The maximum Gasteiger partial charge on any atom is 0.295 e. The molecular weight excluding hydrogens is 276 g/mol. The summed E-state index contributed by atoms with van der Waals surface area (Å²) >= 11 is 0. The lowest BCUT2D eigenvalue weighted by atomic mass is 10.1. The van der Waals surface area contributed by atoms with E-state index in [1.165, 1.54) is 0 Å². The van der Waals surface area contributed by atoms with Crippen molar-refractivity contribution in [2.45, 2.75) is 32.4 Å². The first-order chi connectivity index (χ1) is 10.6. The summed E-state index contributed by atoms with van der Waals surface area (Å²) in [7, 11) is 0. The van der Waals surface area contributed by atoms with Crippen LogP contribution >= 0.6 is 0 Å². The molecule has 1 saturated carbocycles. The second-order valence-electron chi connectivity index (χ2n) is 5.71. The minimum Gasteiger partial charge on any atom is -0.328 e. The second-order valence-corrected chi connectivity index (χ2v) is 5.71. The Morgan fingerprint density at radius 2 is 1.73 bits per heavy atom. The Morgan fingerprint density at radius 3 is 2.32 bits per heavy atom. The Bertz CT molecular complexity index is 676. The largest absolute Gasteiger partial charge is 0.328 e. The van der Waals surface area contributed by atoms with E-state index in [1.54, 1.807) is 29.4 Å². The Morgan fingerprint density at radius 1 is 1.09 bits per heavy atom. The van der Waals surface area contributed by atoms with E-state index >= 15 is 0 Å². The molecule has 1 amide bonds. The number of carbonyl (C=O) groups is 2. The molecule has 1 aliphatic rings. The molecule has 2 aromatic rings. The first-order valence-corrected chi connectivity index (χ1v) is 7.46. The van der Waals surface area contributed by atoms with Crippen molar-refractivity contribution in [3.63, 3.8) is 0 Å². The summed E-state index contributed by atoms with van der Waals surface area (Å²) in [5.41, 5.74) is 2.52. The molecule has 0 spiro atoms. The van der Waals surface area contributed by atoms with Crippen LogP contribution in [0.4, 0.5) is 0 Å². The normalized spacial score (nSPS) is 13.7. The van der Waals surface area contributed by atoms with Crippen molar-refractivity contribution < 1.29 is 9.59 Å². The van der Waals surface area contributed by atoms with Gasteiger partial charge in [-0.15, -0.1) is 0 Å². The van der Waals surface area contributed by atoms with Crippen LogP contribution in [0.1, 0.15) is 34.3 Å². The highest BCUT2D eigenvalue weighted by Crippen LogP contribution is 2.29. The molecule has 4 nitrogen and oxygen atoms in total. The fourth-order valence-electron chi connectivity index (χ4n) is 2.40. The zero-order valence-electron chi connectivity index (χ0n) is 12.5. The highest BCUT2D eigenvalue weighted by Gasteiger charge is 2.35. The molecule has 0 bridgehead atoms. The molecule has 0 saturated heterocycles. The van der Waals surface area contributed by atoms with Crippen molar-refractivity contribution in [1.82, 2.24) is 9.88 Å². The van der Waals surface area contributed by atoms with Gasteiger partial charge < -0.3 is 4.90 Å². The summed E-state index contributed by atoms with van der Waals surface area (Å²) in [4.78, 5) is 30.7. The van der Waals surface area contributed by atoms with Crippen molar-refractivity contribution in [3.8, 4) is 0 Å². The van der Waals surface area contributed by atoms with E-state index < -0.39 is 11.7 Å². The lowest BCUT2D eigenvalue weighted by molar-refractivity contribution is -0.127. The summed E-state index contributed by atoms with van der Waals surface area (Å²) < 4.78 is 0. The zero-order chi connectivity index (χ0) is 15.5. The minimum atomic E-state index is -0.430. The number of rotatable bonds is 5. The van der Waals surface area contributed by atoms with Gasteiger partial charge in [-0.1, -0.05) is 29.8 Å². The number of aryl methyl sites for hydroxylation is 1. The summed E-state index contributed by atoms with van der Waals surface area (Å²) in [6.07, 6.45) is 5.34. The van der Waals surface area contributed by atoms with Crippen LogP contribution in [0.5, 0.6) is 0 Å². The quantitative estimate of drug-likeness (QED) is 0.629. The number of carbonyl (C=O) groups excluding carboxylic acids is 2. The monoisotopic (exact) mass is 294 g/mol. The van der Waals surface area contributed by atoms with Gasteiger partial charge in [0.15, 0.2) is 0 Å². The molecule has 1 aromatic carbocycles. The standard InChI is InChI=1S/C18H18N2O2/c1-13-2-4-15(5-3-13)17(21)18(22)20(16-6-7-16)12-14-8-10-19-11-9-14/h2-5,8-11,16H,6-7,12H2,1H3. The molecule has 0 unspecified atom stereocenters.